The highest BCUT2D eigenvalue weighted by molar-refractivity contribution is 6.42. The fraction of sp³-hybridized carbons (Fsp3) is 0.714. The van der Waals surface area contributed by atoms with Crippen LogP contribution in [-0.4, -0.2) is 42.0 Å². The summed E-state index contributed by atoms with van der Waals surface area (Å²) in [5.41, 5.74) is 1.47. The maximum Gasteiger partial charge on any atom is 0.0617 e. The Bertz CT molecular complexity index is 571. The lowest BCUT2D eigenvalue weighted by molar-refractivity contribution is -0.0246. The molecule has 1 saturated heterocycles. The Balaban J connectivity index is 2.08. The molecule has 1 aliphatic carbocycles. The predicted octanol–water partition coefficient (Wildman–Crippen LogP) is 5.96. The summed E-state index contributed by atoms with van der Waals surface area (Å²) in [6.45, 7) is 9.32. The molecule has 1 aliphatic heterocycles. The Labute approximate surface area is 163 Å². The number of rotatable bonds is 6. The quantitative estimate of drug-likeness (QED) is 0.598. The topological polar surface area (TPSA) is 6.48 Å². The van der Waals surface area contributed by atoms with Crippen LogP contribution in [0.3, 0.4) is 0 Å². The van der Waals surface area contributed by atoms with Gasteiger partial charge in [0.15, 0.2) is 0 Å². The van der Waals surface area contributed by atoms with E-state index in [9.17, 15) is 0 Å². The number of nitrogens with zero attached hydrogens (tertiary/aromatic N) is 2. The molecule has 2 nitrogen and oxygen atoms in total. The van der Waals surface area contributed by atoms with Crippen LogP contribution in [-0.2, 0) is 5.54 Å². The Hall–Kier alpha value is -0.280. The normalized spacial score (nSPS) is 28.0. The number of halogens is 2. The van der Waals surface area contributed by atoms with Crippen LogP contribution in [0.25, 0.3) is 0 Å². The molecule has 0 N–H and O–H groups in total. The molecule has 1 aromatic rings. The summed E-state index contributed by atoms with van der Waals surface area (Å²) in [6, 6.07) is 6.96. The van der Waals surface area contributed by atoms with Crippen LogP contribution in [0.5, 0.6) is 0 Å². The molecule has 0 unspecified atom stereocenters. The third-order valence-electron chi connectivity index (χ3n) is 6.28. The van der Waals surface area contributed by atoms with Crippen molar-refractivity contribution in [2.75, 3.05) is 26.2 Å². The molecule has 0 radical (unpaired) electrons. The fourth-order valence-electron chi connectivity index (χ4n) is 5.21. The van der Waals surface area contributed by atoms with Crippen molar-refractivity contribution < 1.29 is 0 Å². The molecule has 140 valence electrons. The van der Waals surface area contributed by atoms with Gasteiger partial charge in [0.05, 0.1) is 15.6 Å². The van der Waals surface area contributed by atoms with Crippen molar-refractivity contribution in [3.8, 4) is 0 Å². The Kier molecular flexibility index (Phi) is 6.71. The van der Waals surface area contributed by atoms with Crippen molar-refractivity contribution in [2.24, 2.45) is 0 Å². The maximum atomic E-state index is 6.46. The first-order chi connectivity index (χ1) is 12.1. The molecule has 0 spiro atoms. The van der Waals surface area contributed by atoms with E-state index in [1.54, 1.807) is 0 Å². The lowest BCUT2D eigenvalue weighted by atomic mass is 9.70. The van der Waals surface area contributed by atoms with E-state index in [0.29, 0.717) is 16.1 Å². The second kappa shape index (κ2) is 8.61. The summed E-state index contributed by atoms with van der Waals surface area (Å²) in [5.74, 6) is 0. The molecule has 2 atom stereocenters. The molecule has 0 bridgehead atoms. The van der Waals surface area contributed by atoms with Gasteiger partial charge in [-0.15, -0.1) is 0 Å². The third-order valence-corrected chi connectivity index (χ3v) is 7.02. The van der Waals surface area contributed by atoms with Crippen LogP contribution in [0.1, 0.15) is 64.4 Å². The van der Waals surface area contributed by atoms with Crippen LogP contribution in [0, 0.1) is 0 Å². The van der Waals surface area contributed by atoms with Crippen molar-refractivity contribution in [2.45, 2.75) is 70.4 Å². The average molecular weight is 383 g/mol. The highest BCUT2D eigenvalue weighted by atomic mass is 35.5. The number of hydrogen-bond acceptors (Lipinski definition) is 2. The third kappa shape index (κ3) is 3.74. The van der Waals surface area contributed by atoms with Crippen molar-refractivity contribution in [3.05, 3.63) is 33.8 Å². The van der Waals surface area contributed by atoms with Gasteiger partial charge in [0.25, 0.3) is 0 Å². The minimum atomic E-state index is 0.0914. The van der Waals surface area contributed by atoms with Gasteiger partial charge < -0.3 is 0 Å². The van der Waals surface area contributed by atoms with Gasteiger partial charge in [-0.1, -0.05) is 56.0 Å². The Morgan fingerprint density at radius 3 is 2.48 bits per heavy atom. The maximum absolute atomic E-state index is 6.46. The van der Waals surface area contributed by atoms with Gasteiger partial charge in [-0.3, -0.25) is 9.80 Å². The van der Waals surface area contributed by atoms with Gasteiger partial charge in [0.1, 0.15) is 0 Å². The summed E-state index contributed by atoms with van der Waals surface area (Å²) in [7, 11) is 0. The van der Waals surface area contributed by atoms with Gasteiger partial charge in [0.2, 0.25) is 0 Å². The Morgan fingerprint density at radius 1 is 1.08 bits per heavy atom. The molecule has 1 saturated carbocycles. The first-order valence-corrected chi connectivity index (χ1v) is 10.8. The van der Waals surface area contributed by atoms with E-state index in [1.165, 1.54) is 70.1 Å². The first-order valence-electron chi connectivity index (χ1n) is 10.1. The zero-order valence-electron chi connectivity index (χ0n) is 15.7. The van der Waals surface area contributed by atoms with Gasteiger partial charge in [-0.25, -0.2) is 0 Å². The number of likely N-dealkylation sites (N-methyl/N-ethyl adjacent to an activating group) is 1. The second-order valence-electron chi connectivity index (χ2n) is 7.64. The van der Waals surface area contributed by atoms with Gasteiger partial charge >= 0.3 is 0 Å². The molecule has 1 heterocycles. The van der Waals surface area contributed by atoms with Crippen molar-refractivity contribution in [3.63, 3.8) is 0 Å². The molecule has 3 rings (SSSR count). The molecule has 1 aromatic carbocycles. The van der Waals surface area contributed by atoms with E-state index >= 15 is 0 Å². The summed E-state index contributed by atoms with van der Waals surface area (Å²) in [5, 5.41) is 1.36. The molecule has 0 aromatic heterocycles. The highest BCUT2D eigenvalue weighted by Crippen LogP contribution is 2.47. The van der Waals surface area contributed by atoms with Crippen LogP contribution in [0.4, 0.5) is 0 Å². The molecule has 25 heavy (non-hydrogen) atoms. The van der Waals surface area contributed by atoms with Gasteiger partial charge in [-0.2, -0.15) is 0 Å². The summed E-state index contributed by atoms with van der Waals surface area (Å²) in [4.78, 5) is 5.49. The second-order valence-corrected chi connectivity index (χ2v) is 8.45. The first kappa shape index (κ1) is 19.5. The van der Waals surface area contributed by atoms with Crippen LogP contribution >= 0.6 is 23.2 Å². The fourth-order valence-corrected chi connectivity index (χ4v) is 5.51. The molecule has 4 heteroatoms. The largest absolute Gasteiger partial charge is 0.298 e. The zero-order chi connectivity index (χ0) is 17.9. The zero-order valence-corrected chi connectivity index (χ0v) is 17.2. The molecular formula is C21H32Cl2N2. The minimum Gasteiger partial charge on any atom is -0.298 e. The standard InChI is InChI=1S/C21H32Cl2N2/c1-3-13-24(4-2)20-9-5-6-12-21(20,25-14-7-8-15-25)17-10-11-18(22)19(23)16-17/h10-11,16,20H,3-9,12-15H2,1-2H3/t20-,21+/m0/s1. The SMILES string of the molecule is CCCN(CC)[C@H]1CCCC[C@]1(c1ccc(Cl)c(Cl)c1)N1CCCC1. The van der Waals surface area contributed by atoms with Crippen molar-refractivity contribution in [1.29, 1.82) is 0 Å². The summed E-state index contributed by atoms with van der Waals surface area (Å²) in [6.07, 6.45) is 8.99. The molecule has 0 amide bonds. The van der Waals surface area contributed by atoms with Gasteiger partial charge in [-0.05, 0) is 76.0 Å². The van der Waals surface area contributed by atoms with E-state index in [-0.39, 0.29) is 5.54 Å². The van der Waals surface area contributed by atoms with E-state index < -0.39 is 0 Å². The van der Waals surface area contributed by atoms with Gasteiger partial charge in [0, 0.05) is 6.04 Å². The summed E-state index contributed by atoms with van der Waals surface area (Å²) >= 11 is 12.7. The number of benzene rings is 1. The summed E-state index contributed by atoms with van der Waals surface area (Å²) < 4.78 is 0. The number of hydrogen-bond donors (Lipinski definition) is 0. The van der Waals surface area contributed by atoms with E-state index in [0.717, 1.165) is 6.54 Å². The molecule has 2 aliphatic rings. The van der Waals surface area contributed by atoms with Crippen LogP contribution in [0.2, 0.25) is 10.0 Å². The smallest absolute Gasteiger partial charge is 0.0617 e. The predicted molar refractivity (Wildman–Crippen MR) is 109 cm³/mol. The molecule has 2 fully saturated rings. The van der Waals surface area contributed by atoms with Crippen LogP contribution < -0.4 is 0 Å². The van der Waals surface area contributed by atoms with Crippen LogP contribution in [0.15, 0.2) is 18.2 Å². The monoisotopic (exact) mass is 382 g/mol. The lowest BCUT2D eigenvalue weighted by Crippen LogP contribution is -2.60. The number of likely N-dealkylation sites (tertiary alicyclic amines) is 1. The highest BCUT2D eigenvalue weighted by Gasteiger charge is 2.49. The lowest BCUT2D eigenvalue weighted by Gasteiger charge is -2.54. The van der Waals surface area contributed by atoms with E-state index in [4.69, 9.17) is 23.2 Å². The van der Waals surface area contributed by atoms with E-state index in [2.05, 4.69) is 35.8 Å². The molecular weight excluding hydrogens is 351 g/mol. The van der Waals surface area contributed by atoms with Crippen molar-refractivity contribution >= 4 is 23.2 Å². The van der Waals surface area contributed by atoms with E-state index in [1.807, 2.05) is 6.07 Å². The average Bonchev–Trinajstić information content (AvgIpc) is 3.17. The van der Waals surface area contributed by atoms with Crippen molar-refractivity contribution in [1.82, 2.24) is 9.80 Å². The minimum absolute atomic E-state index is 0.0914. The Morgan fingerprint density at radius 2 is 1.84 bits per heavy atom.